The van der Waals surface area contributed by atoms with Crippen LogP contribution < -0.4 is 0 Å². The molecule has 0 aliphatic rings. The van der Waals surface area contributed by atoms with Gasteiger partial charge in [0.2, 0.25) is 0 Å². The Labute approximate surface area is 153 Å². The molecule has 0 spiro atoms. The van der Waals surface area contributed by atoms with E-state index in [9.17, 15) is 5.21 Å². The first-order valence-corrected chi connectivity index (χ1v) is 9.75. The van der Waals surface area contributed by atoms with Gasteiger partial charge in [-0.2, -0.15) is 0 Å². The fourth-order valence-corrected chi connectivity index (χ4v) is 4.17. The highest BCUT2D eigenvalue weighted by Gasteiger charge is 2.14. The van der Waals surface area contributed by atoms with E-state index in [-0.39, 0.29) is 0 Å². The topological polar surface area (TPSA) is 35.8 Å². The second-order valence-corrected chi connectivity index (χ2v) is 7.06. The predicted octanol–water partition coefficient (Wildman–Crippen LogP) is 5.20. The summed E-state index contributed by atoms with van der Waals surface area (Å²) in [6.45, 7) is 7.42. The fraction of sp³-hybridized carbons (Fsp3) is 0.286. The van der Waals surface area contributed by atoms with Crippen LogP contribution in [0.1, 0.15) is 19.4 Å². The average Bonchev–Trinajstić information content (AvgIpc) is 2.67. The lowest BCUT2D eigenvalue weighted by atomic mass is 9.97. The van der Waals surface area contributed by atoms with Crippen molar-refractivity contribution in [3.05, 3.63) is 60.2 Å². The average molecular weight is 353 g/mol. The van der Waals surface area contributed by atoms with E-state index in [0.29, 0.717) is 5.04 Å². The summed E-state index contributed by atoms with van der Waals surface area (Å²) >= 11 is 1.62. The van der Waals surface area contributed by atoms with Crippen LogP contribution in [0.5, 0.6) is 0 Å². The van der Waals surface area contributed by atoms with Crippen molar-refractivity contribution >= 4 is 38.4 Å². The maximum atomic E-state index is 9.73. The molecule has 0 heterocycles. The monoisotopic (exact) mass is 352 g/mol. The first-order chi connectivity index (χ1) is 12.3. The van der Waals surface area contributed by atoms with Gasteiger partial charge in [-0.1, -0.05) is 67.5 Å². The highest BCUT2D eigenvalue weighted by atomic mass is 32.2. The fourth-order valence-electron chi connectivity index (χ4n) is 3.21. The largest absolute Gasteiger partial charge is 0.410 e. The van der Waals surface area contributed by atoms with Crippen molar-refractivity contribution in [2.75, 3.05) is 25.4 Å². The Morgan fingerprint density at radius 3 is 2.04 bits per heavy atom. The molecule has 0 saturated carbocycles. The minimum Gasteiger partial charge on any atom is -0.410 e. The van der Waals surface area contributed by atoms with Crippen LogP contribution in [-0.2, 0) is 0 Å². The van der Waals surface area contributed by atoms with E-state index in [2.05, 4.69) is 54.2 Å². The zero-order valence-corrected chi connectivity index (χ0v) is 15.6. The van der Waals surface area contributed by atoms with E-state index in [0.717, 1.165) is 41.7 Å². The lowest BCUT2D eigenvalue weighted by Gasteiger charge is -2.18. The highest BCUT2D eigenvalue weighted by Crippen LogP contribution is 2.31. The van der Waals surface area contributed by atoms with Crippen molar-refractivity contribution in [1.29, 1.82) is 0 Å². The second kappa shape index (κ2) is 8.37. The lowest BCUT2D eigenvalue weighted by Crippen LogP contribution is -2.25. The Morgan fingerprint density at radius 2 is 1.52 bits per heavy atom. The molecule has 0 radical (unpaired) electrons. The van der Waals surface area contributed by atoms with Crippen LogP contribution in [0.3, 0.4) is 0 Å². The standard InChI is InChI=1S/C21H24N2OS/c1-3-23(4-2)13-14-25-21(22-24)20-18-11-7-5-9-16(18)15-17-10-6-8-12-19(17)20/h5-12,15,24H,3-4,13-14H2,1-2H3/b22-21+. The summed E-state index contributed by atoms with van der Waals surface area (Å²) in [5, 5.41) is 18.7. The molecule has 0 unspecified atom stereocenters. The maximum absolute atomic E-state index is 9.73. The lowest BCUT2D eigenvalue weighted by molar-refractivity contribution is 0.320. The normalized spacial score (nSPS) is 12.4. The minimum absolute atomic E-state index is 0.695. The summed E-state index contributed by atoms with van der Waals surface area (Å²) < 4.78 is 0. The molecule has 3 aromatic rings. The van der Waals surface area contributed by atoms with Crippen molar-refractivity contribution in [3.63, 3.8) is 0 Å². The Hall–Kier alpha value is -2.04. The van der Waals surface area contributed by atoms with Gasteiger partial charge in [0, 0.05) is 17.9 Å². The molecule has 3 aromatic carbocycles. The molecule has 0 amide bonds. The first-order valence-electron chi connectivity index (χ1n) is 8.76. The SMILES string of the molecule is CCN(CC)CCS/C(=N/O)c1c2ccccc2cc2ccccc12. The molecule has 4 heteroatoms. The molecular formula is C21H24N2OS. The molecule has 0 aromatic heterocycles. The summed E-state index contributed by atoms with van der Waals surface area (Å²) in [4.78, 5) is 2.38. The van der Waals surface area contributed by atoms with Crippen LogP contribution in [0.15, 0.2) is 59.8 Å². The van der Waals surface area contributed by atoms with Crippen LogP contribution in [0.4, 0.5) is 0 Å². The molecule has 0 aliphatic carbocycles. The van der Waals surface area contributed by atoms with Gasteiger partial charge in [-0.25, -0.2) is 0 Å². The Balaban J connectivity index is 2.01. The second-order valence-electron chi connectivity index (χ2n) is 5.97. The summed E-state index contributed by atoms with van der Waals surface area (Å²) in [6, 6.07) is 18.8. The van der Waals surface area contributed by atoms with Crippen molar-refractivity contribution in [3.8, 4) is 0 Å². The highest BCUT2D eigenvalue weighted by molar-refractivity contribution is 8.14. The zero-order valence-electron chi connectivity index (χ0n) is 14.8. The van der Waals surface area contributed by atoms with E-state index in [1.165, 1.54) is 10.8 Å². The van der Waals surface area contributed by atoms with Gasteiger partial charge in [0.15, 0.2) is 0 Å². The third-order valence-electron chi connectivity index (χ3n) is 4.62. The first kappa shape index (κ1) is 17.8. The summed E-state index contributed by atoms with van der Waals surface area (Å²) in [5.41, 5.74) is 1.03. The van der Waals surface area contributed by atoms with Crippen LogP contribution in [-0.4, -0.2) is 40.5 Å². The molecule has 0 bridgehead atoms. The number of benzene rings is 3. The van der Waals surface area contributed by atoms with Crippen LogP contribution in [0.25, 0.3) is 21.5 Å². The number of nitrogens with zero attached hydrogens (tertiary/aromatic N) is 2. The van der Waals surface area contributed by atoms with E-state index in [4.69, 9.17) is 0 Å². The van der Waals surface area contributed by atoms with Gasteiger partial charge < -0.3 is 10.1 Å². The molecule has 3 rings (SSSR count). The molecule has 3 nitrogen and oxygen atoms in total. The quantitative estimate of drug-likeness (QED) is 0.218. The molecule has 130 valence electrons. The van der Waals surface area contributed by atoms with E-state index >= 15 is 0 Å². The number of thioether (sulfide) groups is 1. The minimum atomic E-state index is 0.695. The third-order valence-corrected chi connectivity index (χ3v) is 5.56. The number of fused-ring (bicyclic) bond motifs is 2. The molecule has 0 atom stereocenters. The number of oxime groups is 1. The van der Waals surface area contributed by atoms with Gasteiger partial charge in [-0.15, -0.1) is 11.8 Å². The van der Waals surface area contributed by atoms with Gasteiger partial charge in [0.25, 0.3) is 0 Å². The molecule has 25 heavy (non-hydrogen) atoms. The Morgan fingerprint density at radius 1 is 0.960 bits per heavy atom. The van der Waals surface area contributed by atoms with Gasteiger partial charge >= 0.3 is 0 Å². The van der Waals surface area contributed by atoms with Gasteiger partial charge in [-0.3, -0.25) is 0 Å². The van der Waals surface area contributed by atoms with Crippen LogP contribution >= 0.6 is 11.8 Å². The van der Waals surface area contributed by atoms with Gasteiger partial charge in [0.05, 0.1) is 0 Å². The number of hydrogen-bond acceptors (Lipinski definition) is 4. The molecule has 0 saturated heterocycles. The van der Waals surface area contributed by atoms with Crippen LogP contribution in [0, 0.1) is 0 Å². The van der Waals surface area contributed by atoms with Crippen molar-refractivity contribution in [1.82, 2.24) is 4.90 Å². The summed E-state index contributed by atoms with van der Waals surface area (Å²) in [7, 11) is 0. The Kier molecular flexibility index (Phi) is 5.95. The number of rotatable bonds is 6. The molecule has 0 aliphatic heterocycles. The van der Waals surface area contributed by atoms with Gasteiger partial charge in [0.1, 0.15) is 5.04 Å². The summed E-state index contributed by atoms with van der Waals surface area (Å²) in [6.07, 6.45) is 0. The molecule has 1 N–H and O–H groups in total. The van der Waals surface area contributed by atoms with E-state index in [1.807, 2.05) is 24.3 Å². The number of hydrogen-bond donors (Lipinski definition) is 1. The van der Waals surface area contributed by atoms with Gasteiger partial charge in [-0.05, 0) is 40.7 Å². The summed E-state index contributed by atoms with van der Waals surface area (Å²) in [5.74, 6) is 0.901. The van der Waals surface area contributed by atoms with E-state index in [1.54, 1.807) is 11.8 Å². The zero-order chi connectivity index (χ0) is 17.6. The smallest absolute Gasteiger partial charge is 0.144 e. The molecular weight excluding hydrogens is 328 g/mol. The third kappa shape index (κ3) is 3.80. The Bertz CT molecular complexity index is 833. The van der Waals surface area contributed by atoms with Crippen molar-refractivity contribution < 1.29 is 5.21 Å². The van der Waals surface area contributed by atoms with Crippen molar-refractivity contribution in [2.24, 2.45) is 5.16 Å². The van der Waals surface area contributed by atoms with E-state index < -0.39 is 0 Å². The molecule has 0 fully saturated rings. The van der Waals surface area contributed by atoms with Crippen LogP contribution in [0.2, 0.25) is 0 Å². The predicted molar refractivity (Wildman–Crippen MR) is 110 cm³/mol. The van der Waals surface area contributed by atoms with Crippen molar-refractivity contribution in [2.45, 2.75) is 13.8 Å². The maximum Gasteiger partial charge on any atom is 0.144 e.